The molecule has 0 aliphatic rings. The Morgan fingerprint density at radius 3 is 2.64 bits per heavy atom. The first-order chi connectivity index (χ1) is 15.9. The summed E-state index contributed by atoms with van der Waals surface area (Å²) in [6.45, 7) is 5.89. The number of hydrogen-bond donors (Lipinski definition) is 0. The van der Waals surface area contributed by atoms with Crippen LogP contribution in [0.15, 0.2) is 58.5 Å². The van der Waals surface area contributed by atoms with Gasteiger partial charge in [0.25, 0.3) is 11.3 Å². The molecule has 0 amide bonds. The minimum atomic E-state index is -0.0889. The maximum absolute atomic E-state index is 12.5. The summed E-state index contributed by atoms with van der Waals surface area (Å²) in [4.78, 5) is 26.4. The van der Waals surface area contributed by atoms with Gasteiger partial charge in [-0.05, 0) is 50.1 Å². The number of thioether (sulfide) groups is 1. The highest BCUT2D eigenvalue weighted by Gasteiger charge is 2.15. The molecule has 0 atom stereocenters. The van der Waals surface area contributed by atoms with Gasteiger partial charge in [0.2, 0.25) is 5.16 Å². The molecule has 9 heteroatoms. The van der Waals surface area contributed by atoms with Crippen LogP contribution in [-0.4, -0.2) is 29.0 Å². The third-order valence-electron chi connectivity index (χ3n) is 5.64. The number of rotatable bonds is 5. The summed E-state index contributed by atoms with van der Waals surface area (Å²) in [5, 5.41) is 5.98. The molecule has 0 saturated carbocycles. The van der Waals surface area contributed by atoms with E-state index in [4.69, 9.17) is 11.6 Å². The maximum Gasteiger partial charge on any atom is 0.258 e. The van der Waals surface area contributed by atoms with E-state index >= 15 is 0 Å². The summed E-state index contributed by atoms with van der Waals surface area (Å²) in [6.07, 6.45) is 0.674. The van der Waals surface area contributed by atoms with E-state index < -0.39 is 0 Å². The molecule has 0 aliphatic carbocycles. The van der Waals surface area contributed by atoms with Crippen LogP contribution in [0.4, 0.5) is 0 Å². The average Bonchev–Trinajstić information content (AvgIpc) is 3.19. The van der Waals surface area contributed by atoms with Crippen molar-refractivity contribution in [3.05, 3.63) is 97.8 Å². The van der Waals surface area contributed by atoms with Crippen LogP contribution in [0.5, 0.6) is 0 Å². The van der Waals surface area contributed by atoms with Gasteiger partial charge in [-0.25, -0.2) is 14.5 Å². The van der Waals surface area contributed by atoms with Gasteiger partial charge in [0, 0.05) is 40.3 Å². The predicted octanol–water partition coefficient (Wildman–Crippen LogP) is 4.59. The lowest BCUT2D eigenvalue weighted by atomic mass is 10.0. The van der Waals surface area contributed by atoms with Crippen LogP contribution in [0.3, 0.4) is 0 Å². The number of fused-ring (bicyclic) bond motifs is 2. The molecule has 0 fully saturated rings. The molecular weight excluding hydrogens is 456 g/mol. The molecule has 7 nitrogen and oxygen atoms in total. The fourth-order valence-corrected chi connectivity index (χ4v) is 4.83. The SMILES string of the molecule is Cc1nc2nc(SCc3cc(=O)n4c(C)cccc4n3)nn2c(C)c1Cc1ccccc1Cl. The first kappa shape index (κ1) is 21.6. The zero-order valence-electron chi connectivity index (χ0n) is 18.4. The maximum atomic E-state index is 12.5. The minimum absolute atomic E-state index is 0.0889. The van der Waals surface area contributed by atoms with Crippen molar-refractivity contribution in [1.82, 2.24) is 29.0 Å². The fourth-order valence-electron chi connectivity index (χ4n) is 3.92. The van der Waals surface area contributed by atoms with Crippen molar-refractivity contribution >= 4 is 34.8 Å². The molecule has 5 aromatic rings. The first-order valence-corrected chi connectivity index (χ1v) is 11.8. The van der Waals surface area contributed by atoms with E-state index in [1.807, 2.05) is 63.2 Å². The molecule has 4 heterocycles. The van der Waals surface area contributed by atoms with Gasteiger partial charge in [-0.3, -0.25) is 9.20 Å². The molecule has 0 aliphatic heterocycles. The van der Waals surface area contributed by atoms with E-state index in [1.165, 1.54) is 11.8 Å². The normalized spacial score (nSPS) is 11.5. The zero-order valence-corrected chi connectivity index (χ0v) is 20.0. The lowest BCUT2D eigenvalue weighted by Gasteiger charge is -2.11. The topological polar surface area (TPSA) is 77.5 Å². The highest BCUT2D eigenvalue weighted by Crippen LogP contribution is 2.24. The number of hydrogen-bond acceptors (Lipinski definition) is 6. The van der Waals surface area contributed by atoms with Gasteiger partial charge in [0.1, 0.15) is 5.65 Å². The van der Waals surface area contributed by atoms with Crippen LogP contribution < -0.4 is 5.56 Å². The van der Waals surface area contributed by atoms with E-state index in [2.05, 4.69) is 20.1 Å². The van der Waals surface area contributed by atoms with Crippen molar-refractivity contribution in [2.75, 3.05) is 0 Å². The number of aryl methyl sites for hydroxylation is 3. The van der Waals surface area contributed by atoms with E-state index in [-0.39, 0.29) is 5.56 Å². The lowest BCUT2D eigenvalue weighted by Crippen LogP contribution is -2.17. The van der Waals surface area contributed by atoms with Crippen LogP contribution in [0.1, 0.15) is 33.9 Å². The molecule has 0 unspecified atom stereocenters. The van der Waals surface area contributed by atoms with Crippen molar-refractivity contribution in [2.24, 2.45) is 0 Å². The summed E-state index contributed by atoms with van der Waals surface area (Å²) in [5.74, 6) is 1.04. The summed E-state index contributed by atoms with van der Waals surface area (Å²) in [7, 11) is 0. The van der Waals surface area contributed by atoms with E-state index in [1.54, 1.807) is 15.0 Å². The molecular formula is C24H21ClN6OS. The average molecular weight is 477 g/mol. The molecule has 0 spiro atoms. The predicted molar refractivity (Wildman–Crippen MR) is 130 cm³/mol. The number of benzene rings is 1. The molecule has 0 radical (unpaired) electrons. The van der Waals surface area contributed by atoms with Crippen molar-refractivity contribution in [1.29, 1.82) is 0 Å². The Bertz CT molecular complexity index is 1580. The minimum Gasteiger partial charge on any atom is -0.269 e. The van der Waals surface area contributed by atoms with Crippen molar-refractivity contribution in [3.8, 4) is 0 Å². The lowest BCUT2D eigenvalue weighted by molar-refractivity contribution is 0.823. The molecule has 0 saturated heterocycles. The Kier molecular flexibility index (Phi) is 5.64. The van der Waals surface area contributed by atoms with Gasteiger partial charge in [0.15, 0.2) is 0 Å². The quantitative estimate of drug-likeness (QED) is 0.345. The second-order valence-electron chi connectivity index (χ2n) is 7.87. The Balaban J connectivity index is 1.43. The van der Waals surface area contributed by atoms with Crippen molar-refractivity contribution in [3.63, 3.8) is 0 Å². The van der Waals surface area contributed by atoms with Gasteiger partial charge < -0.3 is 0 Å². The smallest absolute Gasteiger partial charge is 0.258 e. The standard InChI is InChI=1S/C24H21ClN6OS/c1-14-7-6-10-21-27-18(12-22(32)30(14)21)13-33-24-28-23-26-15(2)19(16(3)31(23)29-24)11-17-8-4-5-9-20(17)25/h4-10,12H,11,13H2,1-3H3. The number of halogens is 1. The van der Waals surface area contributed by atoms with Gasteiger partial charge >= 0.3 is 0 Å². The van der Waals surface area contributed by atoms with E-state index in [9.17, 15) is 4.79 Å². The van der Waals surface area contributed by atoms with Gasteiger partial charge in [-0.2, -0.15) is 4.98 Å². The zero-order chi connectivity index (χ0) is 23.1. The Morgan fingerprint density at radius 2 is 1.82 bits per heavy atom. The number of nitrogens with zero attached hydrogens (tertiary/aromatic N) is 6. The summed E-state index contributed by atoms with van der Waals surface area (Å²) < 4.78 is 3.38. The molecule has 0 bridgehead atoms. The Morgan fingerprint density at radius 1 is 1.00 bits per heavy atom. The second-order valence-corrected chi connectivity index (χ2v) is 9.22. The third-order valence-corrected chi connectivity index (χ3v) is 6.88. The molecule has 1 aromatic carbocycles. The van der Waals surface area contributed by atoms with E-state index in [0.29, 0.717) is 34.4 Å². The largest absolute Gasteiger partial charge is 0.269 e. The third kappa shape index (κ3) is 4.12. The molecule has 166 valence electrons. The van der Waals surface area contributed by atoms with Crippen LogP contribution in [0.2, 0.25) is 5.02 Å². The summed E-state index contributed by atoms with van der Waals surface area (Å²) in [6, 6.07) is 15.0. The highest BCUT2D eigenvalue weighted by atomic mass is 35.5. The number of pyridine rings is 1. The molecule has 5 rings (SSSR count). The van der Waals surface area contributed by atoms with Gasteiger partial charge in [0.05, 0.1) is 5.69 Å². The van der Waals surface area contributed by atoms with Crippen LogP contribution in [0, 0.1) is 20.8 Å². The van der Waals surface area contributed by atoms with Crippen LogP contribution in [0.25, 0.3) is 11.4 Å². The van der Waals surface area contributed by atoms with Crippen LogP contribution in [-0.2, 0) is 12.2 Å². The van der Waals surface area contributed by atoms with Crippen molar-refractivity contribution < 1.29 is 0 Å². The van der Waals surface area contributed by atoms with E-state index in [0.717, 1.165) is 33.2 Å². The fraction of sp³-hybridized carbons (Fsp3) is 0.208. The first-order valence-electron chi connectivity index (χ1n) is 10.5. The van der Waals surface area contributed by atoms with Gasteiger partial charge in [-0.1, -0.05) is 47.6 Å². The monoisotopic (exact) mass is 476 g/mol. The molecule has 4 aromatic heterocycles. The van der Waals surface area contributed by atoms with Crippen LogP contribution >= 0.6 is 23.4 Å². The second kappa shape index (κ2) is 8.61. The molecule has 33 heavy (non-hydrogen) atoms. The Hall–Kier alpha value is -3.23. The summed E-state index contributed by atoms with van der Waals surface area (Å²) >= 11 is 7.80. The van der Waals surface area contributed by atoms with Crippen molar-refractivity contribution in [2.45, 2.75) is 38.1 Å². The molecule has 0 N–H and O–H groups in total. The highest BCUT2D eigenvalue weighted by molar-refractivity contribution is 7.98. The number of aromatic nitrogens is 6. The summed E-state index contributed by atoms with van der Waals surface area (Å²) in [5.41, 5.74) is 6.11. The van der Waals surface area contributed by atoms with Gasteiger partial charge in [-0.15, -0.1) is 5.10 Å². The Labute approximate surface area is 199 Å².